The van der Waals surface area contributed by atoms with E-state index in [2.05, 4.69) is 10.6 Å². The largest absolute Gasteiger partial charge is 0.465 e. The minimum absolute atomic E-state index is 0.197. The first kappa shape index (κ1) is 29.3. The molecule has 0 radical (unpaired) electrons. The topological polar surface area (TPSA) is 148 Å². The van der Waals surface area contributed by atoms with E-state index in [1.54, 1.807) is 56.3 Å². The SMILES string of the molecule is CCC(CC)(C(N)=O)N(c1ccc(N/C(=C2/C(=O)Nc3cc(C(=O)OC)ccc32)c2ccccc2)cc1)S(C)(=O)=O. The van der Waals surface area contributed by atoms with E-state index < -0.39 is 27.4 Å². The van der Waals surface area contributed by atoms with Gasteiger partial charge in [-0.3, -0.25) is 13.9 Å². The predicted octanol–water partition coefficient (Wildman–Crippen LogP) is 4.22. The fraction of sp³-hybridized carbons (Fsp3) is 0.233. The third-order valence-corrected chi connectivity index (χ3v) is 8.44. The monoisotopic (exact) mass is 576 g/mol. The number of methoxy groups -OCH3 is 1. The van der Waals surface area contributed by atoms with Gasteiger partial charge in [0.15, 0.2) is 0 Å². The van der Waals surface area contributed by atoms with Crippen LogP contribution in [-0.4, -0.2) is 45.1 Å². The molecular formula is C30H32N4O6S. The third kappa shape index (κ3) is 5.53. The Bertz CT molecular complexity index is 1630. The molecule has 0 saturated heterocycles. The van der Waals surface area contributed by atoms with Crippen LogP contribution < -0.4 is 20.7 Å². The number of nitrogens with two attached hydrogens (primary N) is 1. The molecule has 0 atom stereocenters. The molecule has 0 spiro atoms. The van der Waals surface area contributed by atoms with Crippen LogP contribution in [0.1, 0.15) is 48.2 Å². The summed E-state index contributed by atoms with van der Waals surface area (Å²) in [5.74, 6) is -1.60. The summed E-state index contributed by atoms with van der Waals surface area (Å²) in [5.41, 5.74) is 8.14. The molecule has 0 fully saturated rings. The summed E-state index contributed by atoms with van der Waals surface area (Å²) in [6, 6.07) is 20.6. The molecule has 1 heterocycles. The number of sulfonamides is 1. The molecule has 0 unspecified atom stereocenters. The van der Waals surface area contributed by atoms with Crippen LogP contribution in [0.3, 0.4) is 0 Å². The zero-order valence-electron chi connectivity index (χ0n) is 23.2. The first-order valence-electron chi connectivity index (χ1n) is 13.0. The molecular weight excluding hydrogens is 544 g/mol. The normalized spacial score (nSPS) is 14.1. The van der Waals surface area contributed by atoms with Crippen molar-refractivity contribution < 1.29 is 27.5 Å². The van der Waals surface area contributed by atoms with Gasteiger partial charge in [-0.05, 0) is 54.8 Å². The second-order valence-electron chi connectivity index (χ2n) is 9.62. The summed E-state index contributed by atoms with van der Waals surface area (Å²) < 4.78 is 31.6. The maximum absolute atomic E-state index is 13.2. The van der Waals surface area contributed by atoms with Gasteiger partial charge in [-0.25, -0.2) is 13.2 Å². The highest BCUT2D eigenvalue weighted by Crippen LogP contribution is 2.39. The molecule has 1 aliphatic rings. The quantitative estimate of drug-likeness (QED) is 0.242. The van der Waals surface area contributed by atoms with Crippen molar-refractivity contribution in [2.75, 3.05) is 28.3 Å². The van der Waals surface area contributed by atoms with Gasteiger partial charge in [0.05, 0.1) is 41.6 Å². The molecule has 0 aliphatic carbocycles. The molecule has 4 N–H and O–H groups in total. The van der Waals surface area contributed by atoms with E-state index in [9.17, 15) is 22.8 Å². The molecule has 0 bridgehead atoms. The number of carbonyl (C=O) groups is 3. The van der Waals surface area contributed by atoms with Gasteiger partial charge >= 0.3 is 5.97 Å². The van der Waals surface area contributed by atoms with Crippen molar-refractivity contribution in [3.63, 3.8) is 0 Å². The van der Waals surface area contributed by atoms with Crippen LogP contribution in [0.2, 0.25) is 0 Å². The average Bonchev–Trinajstić information content (AvgIpc) is 3.28. The van der Waals surface area contributed by atoms with E-state index in [4.69, 9.17) is 10.5 Å². The van der Waals surface area contributed by atoms with Crippen LogP contribution in [0.25, 0.3) is 11.3 Å². The Morgan fingerprint density at radius 1 is 0.976 bits per heavy atom. The second kappa shape index (κ2) is 11.5. The van der Waals surface area contributed by atoms with Crippen molar-refractivity contribution in [1.29, 1.82) is 0 Å². The Morgan fingerprint density at radius 2 is 1.61 bits per heavy atom. The molecule has 3 aromatic rings. The van der Waals surface area contributed by atoms with Crippen molar-refractivity contribution in [1.82, 2.24) is 0 Å². The molecule has 3 aromatic carbocycles. The molecule has 10 nitrogen and oxygen atoms in total. The van der Waals surface area contributed by atoms with Crippen LogP contribution in [0.15, 0.2) is 72.8 Å². The highest BCUT2D eigenvalue weighted by Gasteiger charge is 2.44. The summed E-state index contributed by atoms with van der Waals surface area (Å²) in [5, 5.41) is 6.14. The van der Waals surface area contributed by atoms with Gasteiger partial charge in [-0.2, -0.15) is 0 Å². The van der Waals surface area contributed by atoms with Gasteiger partial charge in [0.2, 0.25) is 15.9 Å². The molecule has 11 heteroatoms. The van der Waals surface area contributed by atoms with Crippen LogP contribution in [0, 0.1) is 0 Å². The van der Waals surface area contributed by atoms with Crippen molar-refractivity contribution in [3.05, 3.63) is 89.5 Å². The highest BCUT2D eigenvalue weighted by molar-refractivity contribution is 7.92. The molecule has 2 amide bonds. The van der Waals surface area contributed by atoms with Crippen molar-refractivity contribution in [2.45, 2.75) is 32.2 Å². The predicted molar refractivity (Wildman–Crippen MR) is 160 cm³/mol. The smallest absolute Gasteiger partial charge is 0.337 e. The van der Waals surface area contributed by atoms with E-state index in [0.717, 1.165) is 16.1 Å². The van der Waals surface area contributed by atoms with Crippen LogP contribution in [0.5, 0.6) is 0 Å². The average molecular weight is 577 g/mol. The Morgan fingerprint density at radius 3 is 2.15 bits per heavy atom. The number of benzene rings is 3. The number of hydrogen-bond acceptors (Lipinski definition) is 7. The number of hydrogen-bond donors (Lipinski definition) is 3. The first-order valence-corrected chi connectivity index (χ1v) is 14.8. The minimum Gasteiger partial charge on any atom is -0.465 e. The van der Waals surface area contributed by atoms with Crippen LogP contribution in [-0.2, 0) is 24.3 Å². The molecule has 0 saturated carbocycles. The second-order valence-corrected chi connectivity index (χ2v) is 11.5. The molecule has 41 heavy (non-hydrogen) atoms. The van der Waals surface area contributed by atoms with E-state index in [1.807, 2.05) is 30.3 Å². The highest BCUT2D eigenvalue weighted by atomic mass is 32.2. The number of ether oxygens (including phenoxy) is 1. The van der Waals surface area contributed by atoms with Crippen molar-refractivity contribution >= 4 is 56.1 Å². The number of primary amides is 1. The summed E-state index contributed by atoms with van der Waals surface area (Å²) in [6.07, 6.45) is 1.44. The summed E-state index contributed by atoms with van der Waals surface area (Å²) in [6.45, 7) is 3.44. The van der Waals surface area contributed by atoms with Crippen molar-refractivity contribution in [2.24, 2.45) is 5.73 Å². The number of esters is 1. The van der Waals surface area contributed by atoms with E-state index in [-0.39, 0.29) is 24.4 Å². The summed E-state index contributed by atoms with van der Waals surface area (Å²) >= 11 is 0. The number of nitrogens with one attached hydrogen (secondary N) is 2. The fourth-order valence-electron chi connectivity index (χ4n) is 5.12. The summed E-state index contributed by atoms with van der Waals surface area (Å²) in [7, 11) is -2.58. The Balaban J connectivity index is 1.80. The minimum atomic E-state index is -3.87. The standard InChI is InChI=1S/C30H32N4O6S/c1-5-30(6-2,29(31)37)34(41(4,38)39)22-15-13-21(14-16-22)32-26(19-10-8-7-9-11-19)25-23-17-12-20(28(36)40-3)18-24(23)33-27(25)35/h7-18,32H,5-6H2,1-4H3,(H2,31,37)(H,33,35)/b26-25+. The van der Waals surface area contributed by atoms with Crippen LogP contribution >= 0.6 is 0 Å². The maximum atomic E-state index is 13.2. The Hall–Kier alpha value is -4.64. The Labute approximate surface area is 239 Å². The van der Waals surface area contributed by atoms with E-state index >= 15 is 0 Å². The lowest BCUT2D eigenvalue weighted by Gasteiger charge is -2.40. The maximum Gasteiger partial charge on any atom is 0.337 e. The Kier molecular flexibility index (Phi) is 8.20. The third-order valence-electron chi connectivity index (χ3n) is 7.22. The van der Waals surface area contributed by atoms with Gasteiger partial charge < -0.3 is 21.1 Å². The van der Waals surface area contributed by atoms with Gasteiger partial charge in [0, 0.05) is 11.3 Å². The van der Waals surface area contributed by atoms with E-state index in [0.29, 0.717) is 33.8 Å². The lowest BCUT2D eigenvalue weighted by molar-refractivity contribution is -0.123. The number of fused-ring (bicyclic) bond motifs is 1. The molecule has 4 rings (SSSR count). The summed E-state index contributed by atoms with van der Waals surface area (Å²) in [4.78, 5) is 37.8. The van der Waals surface area contributed by atoms with Gasteiger partial charge in [0.25, 0.3) is 5.91 Å². The van der Waals surface area contributed by atoms with Crippen molar-refractivity contribution in [3.8, 4) is 0 Å². The fourth-order valence-corrected chi connectivity index (χ4v) is 6.60. The molecule has 1 aliphatic heterocycles. The zero-order chi connectivity index (χ0) is 29.9. The zero-order valence-corrected chi connectivity index (χ0v) is 24.0. The first-order chi connectivity index (χ1) is 19.5. The number of anilines is 3. The molecule has 214 valence electrons. The van der Waals surface area contributed by atoms with Gasteiger partial charge in [-0.1, -0.05) is 50.2 Å². The lowest BCUT2D eigenvalue weighted by atomic mass is 9.91. The lowest BCUT2D eigenvalue weighted by Crippen LogP contribution is -2.59. The molecule has 0 aromatic heterocycles. The number of amides is 2. The number of rotatable bonds is 10. The van der Waals surface area contributed by atoms with Gasteiger partial charge in [0.1, 0.15) is 5.54 Å². The number of nitrogens with zero attached hydrogens (tertiary/aromatic N) is 1. The van der Waals surface area contributed by atoms with E-state index in [1.165, 1.54) is 7.11 Å². The van der Waals surface area contributed by atoms with Crippen LogP contribution in [0.4, 0.5) is 17.1 Å². The van der Waals surface area contributed by atoms with Gasteiger partial charge in [-0.15, -0.1) is 0 Å². The number of carbonyl (C=O) groups excluding carboxylic acids is 3.